The highest BCUT2D eigenvalue weighted by atomic mass is 15.0. The molecule has 5 heterocycles. The van der Waals surface area contributed by atoms with Gasteiger partial charge in [-0.3, -0.25) is 9.97 Å². The zero-order valence-electron chi connectivity index (χ0n) is 31.2. The molecule has 4 aromatic heterocycles. The van der Waals surface area contributed by atoms with Gasteiger partial charge < -0.3 is 14.5 Å². The maximum absolute atomic E-state index is 5.01. The van der Waals surface area contributed by atoms with Crippen LogP contribution in [0.5, 0.6) is 0 Å². The molecule has 0 fully saturated rings. The maximum Gasteiger partial charge on any atom is 0.0963 e. The van der Waals surface area contributed by atoms with Gasteiger partial charge in [0.2, 0.25) is 0 Å². The van der Waals surface area contributed by atoms with Crippen LogP contribution in [0.3, 0.4) is 0 Å². The van der Waals surface area contributed by atoms with E-state index in [2.05, 4.69) is 183 Å². The molecule has 0 saturated heterocycles. The predicted molar refractivity (Wildman–Crippen MR) is 233 cm³/mol. The van der Waals surface area contributed by atoms with Crippen LogP contribution in [0.25, 0.3) is 72.5 Å². The van der Waals surface area contributed by atoms with Gasteiger partial charge in [-0.05, 0) is 100 Å². The molecular formula is C52H37N5. The molecule has 2 atom stereocenters. The lowest BCUT2D eigenvalue weighted by molar-refractivity contribution is 0.457. The third-order valence-electron chi connectivity index (χ3n) is 12.6. The average molecular weight is 732 g/mol. The van der Waals surface area contributed by atoms with Crippen LogP contribution in [0.1, 0.15) is 34.4 Å². The first-order valence-electron chi connectivity index (χ1n) is 19.8. The summed E-state index contributed by atoms with van der Waals surface area (Å²) >= 11 is 0. The summed E-state index contributed by atoms with van der Waals surface area (Å²) < 4.78 is 4.79. The van der Waals surface area contributed by atoms with E-state index in [1.165, 1.54) is 66.5 Å². The van der Waals surface area contributed by atoms with Crippen LogP contribution in [0.15, 0.2) is 183 Å². The van der Waals surface area contributed by atoms with Gasteiger partial charge >= 0.3 is 0 Å². The molecule has 2 aliphatic carbocycles. The first-order chi connectivity index (χ1) is 28.3. The van der Waals surface area contributed by atoms with Crippen molar-refractivity contribution in [2.24, 2.45) is 5.92 Å². The van der Waals surface area contributed by atoms with Crippen molar-refractivity contribution in [2.45, 2.75) is 18.4 Å². The van der Waals surface area contributed by atoms with E-state index in [0.29, 0.717) is 0 Å². The number of hydrogen-bond donors (Lipinski definition) is 1. The quantitative estimate of drug-likeness (QED) is 0.192. The lowest BCUT2D eigenvalue weighted by Crippen LogP contribution is -2.35. The molecule has 3 aliphatic rings. The Morgan fingerprint density at radius 3 is 2.25 bits per heavy atom. The molecule has 0 radical (unpaired) electrons. The molecule has 0 saturated carbocycles. The first kappa shape index (κ1) is 32.0. The lowest BCUT2D eigenvalue weighted by Gasteiger charge is -2.39. The van der Waals surface area contributed by atoms with Crippen molar-refractivity contribution in [3.05, 3.63) is 211 Å². The minimum Gasteiger partial charge on any atom is -0.385 e. The van der Waals surface area contributed by atoms with Crippen molar-refractivity contribution in [1.29, 1.82) is 0 Å². The Balaban J connectivity index is 1.02. The van der Waals surface area contributed by atoms with E-state index < -0.39 is 0 Å². The number of fused-ring (bicyclic) bond motifs is 10. The fourth-order valence-electron chi connectivity index (χ4n) is 10.3. The summed E-state index contributed by atoms with van der Waals surface area (Å²) in [7, 11) is 0. The molecule has 5 aromatic carbocycles. The Kier molecular flexibility index (Phi) is 6.96. The summed E-state index contributed by atoms with van der Waals surface area (Å²) in [5.41, 5.74) is 17.9. The monoisotopic (exact) mass is 731 g/mol. The number of nitrogens with zero attached hydrogens (tertiary/aromatic N) is 4. The van der Waals surface area contributed by atoms with Crippen molar-refractivity contribution in [3.63, 3.8) is 0 Å². The highest BCUT2D eigenvalue weighted by Gasteiger charge is 2.50. The second-order valence-corrected chi connectivity index (χ2v) is 15.4. The van der Waals surface area contributed by atoms with E-state index >= 15 is 0 Å². The van der Waals surface area contributed by atoms with Gasteiger partial charge in [-0.1, -0.05) is 115 Å². The molecular weight excluding hydrogens is 695 g/mol. The van der Waals surface area contributed by atoms with Crippen LogP contribution >= 0.6 is 0 Å². The Hall–Kier alpha value is -7.24. The number of rotatable bonds is 5. The number of nitrogens with one attached hydrogen (secondary N) is 1. The van der Waals surface area contributed by atoms with Crippen molar-refractivity contribution in [2.75, 3.05) is 0 Å². The van der Waals surface area contributed by atoms with E-state index in [1.54, 1.807) is 0 Å². The van der Waals surface area contributed by atoms with Crippen LogP contribution in [-0.4, -0.2) is 19.1 Å². The Labute approximate surface area is 330 Å². The maximum atomic E-state index is 5.01. The summed E-state index contributed by atoms with van der Waals surface area (Å²) in [6.45, 7) is 0.777. The van der Waals surface area contributed by atoms with Gasteiger partial charge in [-0.15, -0.1) is 0 Å². The molecule has 0 bridgehead atoms. The fraction of sp³-hybridized carbons (Fsp3) is 0.0769. The smallest absolute Gasteiger partial charge is 0.0963 e. The minimum atomic E-state index is -0.344. The SMILES string of the molecule is C1=CCC(C2(c3ccccc3)c3ccccc3-c3c2ccc2c4ncccc4n(-c4ccc(-c5ccc(-n6c7c(c8ccncc86)C=CNC7)cc5)cc4)c32)C=C1. The third kappa shape index (κ3) is 4.51. The number of aromatic nitrogens is 4. The fourth-order valence-corrected chi connectivity index (χ4v) is 10.3. The second-order valence-electron chi connectivity index (χ2n) is 15.4. The van der Waals surface area contributed by atoms with E-state index in [4.69, 9.17) is 4.98 Å². The lowest BCUT2D eigenvalue weighted by atomic mass is 9.62. The topological polar surface area (TPSA) is 47.7 Å². The third-order valence-corrected chi connectivity index (χ3v) is 12.6. The van der Waals surface area contributed by atoms with Gasteiger partial charge in [-0.25, -0.2) is 0 Å². The van der Waals surface area contributed by atoms with Crippen LogP contribution in [0, 0.1) is 5.92 Å². The summed E-state index contributed by atoms with van der Waals surface area (Å²) in [6.07, 6.45) is 20.1. The second kappa shape index (κ2) is 12.4. The number of allylic oxidation sites excluding steroid dienone is 4. The van der Waals surface area contributed by atoms with E-state index in [9.17, 15) is 0 Å². The van der Waals surface area contributed by atoms with E-state index in [-0.39, 0.29) is 11.3 Å². The van der Waals surface area contributed by atoms with Gasteiger partial charge in [0.15, 0.2) is 0 Å². The van der Waals surface area contributed by atoms with Gasteiger partial charge in [-0.2, -0.15) is 0 Å². The minimum absolute atomic E-state index is 0.262. The van der Waals surface area contributed by atoms with Crippen LogP contribution < -0.4 is 5.32 Å². The molecule has 1 N–H and O–H groups in total. The summed E-state index contributed by atoms with van der Waals surface area (Å²) in [5.74, 6) is 0.262. The van der Waals surface area contributed by atoms with Crippen LogP contribution in [-0.2, 0) is 12.0 Å². The molecule has 5 heteroatoms. The predicted octanol–water partition coefficient (Wildman–Crippen LogP) is 11.7. The molecule has 9 aromatic rings. The summed E-state index contributed by atoms with van der Waals surface area (Å²) in [4.78, 5) is 9.48. The summed E-state index contributed by atoms with van der Waals surface area (Å²) in [5, 5.41) is 5.79. The Morgan fingerprint density at radius 1 is 0.649 bits per heavy atom. The normalized spacial score (nSPS) is 17.9. The van der Waals surface area contributed by atoms with Gasteiger partial charge in [0.1, 0.15) is 0 Å². The van der Waals surface area contributed by atoms with Crippen molar-refractivity contribution in [3.8, 4) is 33.6 Å². The Morgan fingerprint density at radius 2 is 1.44 bits per heavy atom. The van der Waals surface area contributed by atoms with E-state index in [1.807, 2.05) is 24.8 Å². The molecule has 1 aliphatic heterocycles. The molecule has 57 heavy (non-hydrogen) atoms. The molecule has 0 amide bonds. The van der Waals surface area contributed by atoms with Gasteiger partial charge in [0.05, 0.1) is 45.9 Å². The highest BCUT2D eigenvalue weighted by Crippen LogP contribution is 2.60. The van der Waals surface area contributed by atoms with Gasteiger partial charge in [0, 0.05) is 45.7 Å². The van der Waals surface area contributed by atoms with E-state index in [0.717, 1.165) is 40.9 Å². The van der Waals surface area contributed by atoms with Crippen LogP contribution in [0.4, 0.5) is 0 Å². The molecule has 270 valence electrons. The number of pyridine rings is 2. The standard InChI is InChI=1S/C52H37N5/c1-3-10-36(11-4-1)52(37-12-5-2-6-13-37)44-15-8-7-14-42(44)49-45(52)26-25-43-50-46(16-9-29-55-50)57(51(43)49)39-23-19-35(20-24-39)34-17-21-38(22-18-34)56-47-32-53-30-27-40(47)41-28-31-54-33-48(41)56/h1-12,14-32,37,54H,13,33H2. The zero-order chi connectivity index (χ0) is 37.5. The van der Waals surface area contributed by atoms with Crippen molar-refractivity contribution in [1.82, 2.24) is 24.4 Å². The van der Waals surface area contributed by atoms with Crippen molar-refractivity contribution >= 4 is 38.9 Å². The van der Waals surface area contributed by atoms with Gasteiger partial charge in [0.25, 0.3) is 0 Å². The highest BCUT2D eigenvalue weighted by molar-refractivity contribution is 6.14. The number of hydrogen-bond acceptors (Lipinski definition) is 3. The zero-order valence-corrected chi connectivity index (χ0v) is 31.2. The molecule has 2 unspecified atom stereocenters. The number of benzene rings is 5. The molecule has 12 rings (SSSR count). The summed E-state index contributed by atoms with van der Waals surface area (Å²) in [6, 6.07) is 49.4. The molecule has 5 nitrogen and oxygen atoms in total. The van der Waals surface area contributed by atoms with Crippen molar-refractivity contribution < 1.29 is 0 Å². The average Bonchev–Trinajstić information content (AvgIpc) is 3.92. The van der Waals surface area contributed by atoms with Crippen LogP contribution in [0.2, 0.25) is 0 Å². The Bertz CT molecular complexity index is 3140. The molecule has 0 spiro atoms. The largest absolute Gasteiger partial charge is 0.385 e. The first-order valence-corrected chi connectivity index (χ1v) is 19.8.